The Morgan fingerprint density at radius 2 is 0.729 bits per heavy atom. The second kappa shape index (κ2) is 24.9. The molecule has 0 aromatic heterocycles. The standard InChI is InChI=1S/C10H20.2C9H18.3C8H16.C7H14/c1-4-10(7-8-10)6-5-9(2)3;1-8(2)4-5-9(3)6-7-9;1-4-9(5-6-9)7-8(2)3;1-7(2)6-8(3)4-5-8;1-7(2)8(3)5-4-6-8;1-4-8(5-6-8)7(2)3;1-6(2)7(3)4-5-7/h9H,4-8H2,1-3H3;2*8H,4-7H2,1-3H3;3*7H,4-6H2,1-3H3;6H,4-5H2,1-3H3. The molecule has 7 aliphatic carbocycles. The van der Waals surface area contributed by atoms with Gasteiger partial charge in [0.2, 0.25) is 0 Å². The van der Waals surface area contributed by atoms with Crippen molar-refractivity contribution in [2.45, 2.75) is 299 Å². The van der Waals surface area contributed by atoms with Crippen LogP contribution in [0.25, 0.3) is 0 Å². The minimum atomic E-state index is 0.722. The fourth-order valence-electron chi connectivity index (χ4n) is 9.39. The molecule has 59 heavy (non-hydrogen) atoms. The molecule has 0 heterocycles. The van der Waals surface area contributed by atoms with E-state index < -0.39 is 0 Å². The highest BCUT2D eigenvalue weighted by Crippen LogP contribution is 2.55. The van der Waals surface area contributed by atoms with E-state index in [1.807, 2.05) is 0 Å². The van der Waals surface area contributed by atoms with Crippen molar-refractivity contribution in [1.82, 2.24) is 0 Å². The van der Waals surface area contributed by atoms with Gasteiger partial charge in [-0.15, -0.1) is 0 Å². The molecule has 0 radical (unpaired) electrons. The monoisotopic (exact) mass is 827 g/mol. The van der Waals surface area contributed by atoms with E-state index in [2.05, 4.69) is 145 Å². The Balaban J connectivity index is 0.000000345. The number of hydrogen-bond donors (Lipinski definition) is 0. The van der Waals surface area contributed by atoms with Gasteiger partial charge in [-0.05, 0) is 195 Å². The van der Waals surface area contributed by atoms with Gasteiger partial charge < -0.3 is 0 Å². The van der Waals surface area contributed by atoms with Crippen molar-refractivity contribution in [1.29, 1.82) is 0 Å². The molecule has 354 valence electrons. The van der Waals surface area contributed by atoms with Crippen LogP contribution in [-0.4, -0.2) is 0 Å². The van der Waals surface area contributed by atoms with Crippen LogP contribution in [0.5, 0.6) is 0 Å². The van der Waals surface area contributed by atoms with Crippen molar-refractivity contribution in [3.63, 3.8) is 0 Å². The highest BCUT2D eigenvalue weighted by atomic mass is 14.5. The van der Waals surface area contributed by atoms with Crippen molar-refractivity contribution in [3.8, 4) is 0 Å². The summed E-state index contributed by atoms with van der Waals surface area (Å²) in [6.07, 6.45) is 35.2. The van der Waals surface area contributed by atoms with E-state index >= 15 is 0 Å². The lowest BCUT2D eigenvalue weighted by Gasteiger charge is -2.42. The van der Waals surface area contributed by atoms with Gasteiger partial charge in [-0.1, -0.05) is 184 Å². The van der Waals surface area contributed by atoms with Crippen LogP contribution < -0.4 is 0 Å². The summed E-state index contributed by atoms with van der Waals surface area (Å²) in [5, 5.41) is 0. The van der Waals surface area contributed by atoms with E-state index in [1.165, 1.54) is 154 Å². The van der Waals surface area contributed by atoms with E-state index in [0.29, 0.717) is 0 Å². The first-order chi connectivity index (χ1) is 27.1. The van der Waals surface area contributed by atoms with Crippen LogP contribution in [0.3, 0.4) is 0 Å². The molecule has 7 saturated carbocycles. The van der Waals surface area contributed by atoms with E-state index in [1.54, 1.807) is 0 Å². The average Bonchev–Trinajstić information content (AvgIpc) is 3.93. The average molecular weight is 828 g/mol. The lowest BCUT2D eigenvalue weighted by atomic mass is 9.64. The van der Waals surface area contributed by atoms with E-state index in [4.69, 9.17) is 0 Å². The molecule has 7 aliphatic rings. The summed E-state index contributed by atoms with van der Waals surface area (Å²) >= 11 is 0. The number of hydrogen-bond acceptors (Lipinski definition) is 0. The van der Waals surface area contributed by atoms with Gasteiger partial charge in [0.1, 0.15) is 0 Å². The second-order valence-electron chi connectivity index (χ2n) is 26.7. The third-order valence-corrected chi connectivity index (χ3v) is 18.1. The Hall–Kier alpha value is 0. The predicted octanol–water partition coefficient (Wildman–Crippen LogP) is 21.0. The first kappa shape index (κ1) is 57.0. The quantitative estimate of drug-likeness (QED) is 0.145. The van der Waals surface area contributed by atoms with Gasteiger partial charge in [-0.25, -0.2) is 0 Å². The normalized spacial score (nSPS) is 23.6. The minimum absolute atomic E-state index is 0.722. The van der Waals surface area contributed by atoms with Gasteiger partial charge in [0.15, 0.2) is 0 Å². The second-order valence-corrected chi connectivity index (χ2v) is 26.7. The third kappa shape index (κ3) is 24.0. The van der Waals surface area contributed by atoms with Crippen molar-refractivity contribution in [2.75, 3.05) is 0 Å². The van der Waals surface area contributed by atoms with Crippen LogP contribution >= 0.6 is 0 Å². The molecule has 0 amide bonds. The zero-order valence-electron chi connectivity index (χ0n) is 45.5. The van der Waals surface area contributed by atoms with Crippen LogP contribution in [0.4, 0.5) is 0 Å². The molecule has 0 saturated heterocycles. The topological polar surface area (TPSA) is 0 Å². The van der Waals surface area contributed by atoms with Crippen LogP contribution in [0.2, 0.25) is 0 Å². The Kier molecular flexibility index (Phi) is 24.1. The Morgan fingerprint density at radius 1 is 0.339 bits per heavy atom. The summed E-state index contributed by atoms with van der Waals surface area (Å²) in [6.45, 7) is 49.1. The third-order valence-electron chi connectivity index (χ3n) is 18.1. The molecule has 0 unspecified atom stereocenters. The summed E-state index contributed by atoms with van der Waals surface area (Å²) in [4.78, 5) is 0. The van der Waals surface area contributed by atoms with Gasteiger partial charge in [0, 0.05) is 0 Å². The van der Waals surface area contributed by atoms with E-state index in [0.717, 1.165) is 79.3 Å². The molecule has 0 aromatic carbocycles. The van der Waals surface area contributed by atoms with Crippen LogP contribution in [0, 0.1) is 79.3 Å². The fourth-order valence-corrected chi connectivity index (χ4v) is 9.39. The van der Waals surface area contributed by atoms with Crippen LogP contribution in [-0.2, 0) is 0 Å². The van der Waals surface area contributed by atoms with E-state index in [9.17, 15) is 0 Å². The van der Waals surface area contributed by atoms with Crippen molar-refractivity contribution in [3.05, 3.63) is 0 Å². The number of rotatable bonds is 16. The van der Waals surface area contributed by atoms with Gasteiger partial charge in [0.25, 0.3) is 0 Å². The molecule has 0 heteroatoms. The molecular weight excluding hydrogens is 709 g/mol. The highest BCUT2D eigenvalue weighted by Gasteiger charge is 2.44. The maximum absolute atomic E-state index is 2.41. The van der Waals surface area contributed by atoms with Crippen molar-refractivity contribution in [2.24, 2.45) is 79.3 Å². The summed E-state index contributed by atoms with van der Waals surface area (Å²) in [5.74, 6) is 6.36. The largest absolute Gasteiger partial charge is 0.0649 e. The molecule has 0 nitrogen and oxygen atoms in total. The molecule has 7 fully saturated rings. The molecule has 0 bridgehead atoms. The first-order valence-corrected chi connectivity index (χ1v) is 27.1. The van der Waals surface area contributed by atoms with Gasteiger partial charge >= 0.3 is 0 Å². The van der Waals surface area contributed by atoms with Crippen LogP contribution in [0.1, 0.15) is 299 Å². The smallest absolute Gasteiger partial charge is 0.0277 e. The molecule has 7 rings (SSSR count). The van der Waals surface area contributed by atoms with Crippen molar-refractivity contribution < 1.29 is 0 Å². The molecular formula is C59H118. The molecule has 0 aromatic rings. The molecule has 0 atom stereocenters. The SMILES string of the molecule is CC(C)C1(C)CC1.CC(C)C1(C)CCC1.CC(C)CC1(C)CC1.CC(C)CCC1(C)CC1.CCC1(C(C)C)CC1.CCC1(CC(C)C)CC1.CCC1(CCC(C)C)CC1. The van der Waals surface area contributed by atoms with E-state index in [-0.39, 0.29) is 0 Å². The lowest BCUT2D eigenvalue weighted by Crippen LogP contribution is -2.30. The molecule has 0 aliphatic heterocycles. The van der Waals surface area contributed by atoms with Gasteiger partial charge in [-0.3, -0.25) is 0 Å². The van der Waals surface area contributed by atoms with Crippen molar-refractivity contribution >= 4 is 0 Å². The maximum Gasteiger partial charge on any atom is -0.0277 e. The summed E-state index contributed by atoms with van der Waals surface area (Å²) in [5.41, 5.74) is 5.46. The summed E-state index contributed by atoms with van der Waals surface area (Å²) in [6, 6.07) is 0. The minimum Gasteiger partial charge on any atom is -0.0649 e. The van der Waals surface area contributed by atoms with Gasteiger partial charge in [0.05, 0.1) is 0 Å². The predicted molar refractivity (Wildman–Crippen MR) is 271 cm³/mol. The maximum atomic E-state index is 2.41. The summed E-state index contributed by atoms with van der Waals surface area (Å²) < 4.78 is 0. The fraction of sp³-hybridized carbons (Fsp3) is 1.00. The zero-order chi connectivity index (χ0) is 45.5. The van der Waals surface area contributed by atoms with Crippen LogP contribution in [0.15, 0.2) is 0 Å². The highest BCUT2D eigenvalue weighted by molar-refractivity contribution is 4.95. The Bertz CT molecular complexity index is 1060. The Morgan fingerprint density at radius 3 is 0.864 bits per heavy atom. The van der Waals surface area contributed by atoms with Gasteiger partial charge in [-0.2, -0.15) is 0 Å². The Labute approximate surface area is 377 Å². The zero-order valence-corrected chi connectivity index (χ0v) is 45.5. The molecule has 0 N–H and O–H groups in total. The summed E-state index contributed by atoms with van der Waals surface area (Å²) in [7, 11) is 0. The molecule has 0 spiro atoms. The lowest BCUT2D eigenvalue weighted by molar-refractivity contribution is 0.0934. The first-order valence-electron chi connectivity index (χ1n) is 27.1.